The van der Waals surface area contributed by atoms with Gasteiger partial charge in [0, 0.05) is 6.42 Å². The van der Waals surface area contributed by atoms with Crippen LogP contribution in [-0.2, 0) is 19.1 Å². The van der Waals surface area contributed by atoms with Crippen LogP contribution in [0.15, 0.2) is 0 Å². The van der Waals surface area contributed by atoms with Crippen molar-refractivity contribution >= 4 is 17.7 Å². The third kappa shape index (κ3) is 2.91. The second-order valence-electron chi connectivity index (χ2n) is 5.01. The van der Waals surface area contributed by atoms with E-state index in [0.717, 1.165) is 0 Å². The second kappa shape index (κ2) is 6.19. The van der Waals surface area contributed by atoms with Crippen molar-refractivity contribution in [2.45, 2.75) is 37.6 Å². The molecule has 8 nitrogen and oxygen atoms in total. The maximum Gasteiger partial charge on any atom is 0.247 e. The number of amides is 3. The molecule has 0 spiro atoms. The standard InChI is InChI=1S/C12H20N4O4/c1-14-6-9(17)15-7-4-5-20-10-3-2-8(11(13)18)16(10)12(7)19/h7-8,10,14H,2-6H2,1H3,(H2,13,18)(H,15,17)/t7-,8+,10-/m0/s1. The smallest absolute Gasteiger partial charge is 0.247 e. The summed E-state index contributed by atoms with van der Waals surface area (Å²) in [6, 6.07) is -1.31. The van der Waals surface area contributed by atoms with Gasteiger partial charge in [-0.3, -0.25) is 14.4 Å². The van der Waals surface area contributed by atoms with Crippen LogP contribution in [0.4, 0.5) is 0 Å². The molecule has 2 aliphatic rings. The summed E-state index contributed by atoms with van der Waals surface area (Å²) in [5, 5.41) is 5.38. The van der Waals surface area contributed by atoms with E-state index in [1.807, 2.05) is 0 Å². The van der Waals surface area contributed by atoms with E-state index in [2.05, 4.69) is 10.6 Å². The maximum absolute atomic E-state index is 12.5. The minimum atomic E-state index is -0.666. The highest BCUT2D eigenvalue weighted by atomic mass is 16.5. The minimum absolute atomic E-state index is 0.132. The van der Waals surface area contributed by atoms with Crippen LogP contribution in [0.2, 0.25) is 0 Å². The summed E-state index contributed by atoms with van der Waals surface area (Å²) in [6.45, 7) is 0.496. The zero-order chi connectivity index (χ0) is 14.7. The lowest BCUT2D eigenvalue weighted by Gasteiger charge is -2.28. The highest BCUT2D eigenvalue weighted by Gasteiger charge is 2.44. The van der Waals surface area contributed by atoms with E-state index in [4.69, 9.17) is 10.5 Å². The Labute approximate surface area is 117 Å². The largest absolute Gasteiger partial charge is 0.368 e. The van der Waals surface area contributed by atoms with Crippen molar-refractivity contribution in [3.8, 4) is 0 Å². The summed E-state index contributed by atoms with van der Waals surface area (Å²) in [6.07, 6.45) is 1.08. The molecule has 2 rings (SSSR count). The van der Waals surface area contributed by atoms with Crippen molar-refractivity contribution in [3.63, 3.8) is 0 Å². The fraction of sp³-hybridized carbons (Fsp3) is 0.750. The van der Waals surface area contributed by atoms with E-state index >= 15 is 0 Å². The Balaban J connectivity index is 2.10. The Morgan fingerprint density at radius 2 is 2.15 bits per heavy atom. The number of carbonyl (C=O) groups excluding carboxylic acids is 3. The van der Waals surface area contributed by atoms with Gasteiger partial charge in [-0.15, -0.1) is 0 Å². The number of hydrogen-bond acceptors (Lipinski definition) is 5. The Hall–Kier alpha value is -1.67. The average molecular weight is 284 g/mol. The van der Waals surface area contributed by atoms with Gasteiger partial charge in [-0.1, -0.05) is 0 Å². The molecule has 0 aromatic heterocycles. The Morgan fingerprint density at radius 3 is 2.80 bits per heavy atom. The van der Waals surface area contributed by atoms with Gasteiger partial charge in [0.05, 0.1) is 13.2 Å². The molecular formula is C12H20N4O4. The molecule has 4 N–H and O–H groups in total. The van der Waals surface area contributed by atoms with Crippen LogP contribution in [-0.4, -0.2) is 61.1 Å². The molecule has 2 aliphatic heterocycles. The number of nitrogens with one attached hydrogen (secondary N) is 2. The van der Waals surface area contributed by atoms with Crippen molar-refractivity contribution in [1.82, 2.24) is 15.5 Å². The molecule has 2 fully saturated rings. The van der Waals surface area contributed by atoms with Crippen molar-refractivity contribution < 1.29 is 19.1 Å². The first-order chi connectivity index (χ1) is 9.54. The zero-order valence-electron chi connectivity index (χ0n) is 11.4. The van der Waals surface area contributed by atoms with Gasteiger partial charge in [0.2, 0.25) is 17.7 Å². The van der Waals surface area contributed by atoms with E-state index in [0.29, 0.717) is 25.9 Å². The van der Waals surface area contributed by atoms with Crippen LogP contribution in [0.25, 0.3) is 0 Å². The number of likely N-dealkylation sites (N-methyl/N-ethyl adjacent to an activating group) is 1. The van der Waals surface area contributed by atoms with Gasteiger partial charge in [-0.2, -0.15) is 0 Å². The number of carbonyl (C=O) groups is 3. The summed E-state index contributed by atoms with van der Waals surface area (Å²) >= 11 is 0. The molecule has 0 aromatic rings. The SMILES string of the molecule is CNCC(=O)N[C@H]1CCO[C@H]2CC[C@H](C(N)=O)N2C1=O. The normalized spacial score (nSPS) is 29.8. The average Bonchev–Trinajstić information content (AvgIpc) is 2.75. The number of nitrogens with zero attached hydrogens (tertiary/aromatic N) is 1. The molecule has 20 heavy (non-hydrogen) atoms. The van der Waals surface area contributed by atoms with Gasteiger partial charge in [-0.05, 0) is 19.9 Å². The van der Waals surface area contributed by atoms with E-state index in [1.165, 1.54) is 4.90 Å². The first-order valence-electron chi connectivity index (χ1n) is 6.71. The fourth-order valence-corrected chi connectivity index (χ4v) is 2.68. The van der Waals surface area contributed by atoms with Crippen LogP contribution in [0.1, 0.15) is 19.3 Å². The number of hydrogen-bond donors (Lipinski definition) is 3. The van der Waals surface area contributed by atoms with Gasteiger partial charge in [0.1, 0.15) is 18.3 Å². The molecule has 3 amide bonds. The molecule has 3 atom stereocenters. The van der Waals surface area contributed by atoms with Gasteiger partial charge in [0.25, 0.3) is 0 Å². The topological polar surface area (TPSA) is 114 Å². The van der Waals surface area contributed by atoms with Gasteiger partial charge >= 0.3 is 0 Å². The minimum Gasteiger partial charge on any atom is -0.368 e. The predicted molar refractivity (Wildman–Crippen MR) is 69.3 cm³/mol. The monoisotopic (exact) mass is 284 g/mol. The molecule has 0 unspecified atom stereocenters. The van der Waals surface area contributed by atoms with Crippen LogP contribution in [0.5, 0.6) is 0 Å². The second-order valence-corrected chi connectivity index (χ2v) is 5.01. The van der Waals surface area contributed by atoms with Crippen LogP contribution in [0, 0.1) is 0 Å². The van der Waals surface area contributed by atoms with E-state index in [9.17, 15) is 14.4 Å². The summed E-state index contributed by atoms with van der Waals surface area (Å²) in [5.41, 5.74) is 5.33. The number of ether oxygens (including phenoxy) is 1. The van der Waals surface area contributed by atoms with Crippen LogP contribution >= 0.6 is 0 Å². The molecule has 0 bridgehead atoms. The van der Waals surface area contributed by atoms with E-state index in [-0.39, 0.29) is 18.4 Å². The van der Waals surface area contributed by atoms with Crippen molar-refractivity contribution in [3.05, 3.63) is 0 Å². The molecule has 2 saturated heterocycles. The number of fused-ring (bicyclic) bond motifs is 1. The number of rotatable bonds is 4. The van der Waals surface area contributed by atoms with Crippen LogP contribution < -0.4 is 16.4 Å². The molecule has 8 heteroatoms. The summed E-state index contributed by atoms with van der Waals surface area (Å²) in [4.78, 5) is 36.9. The fourth-order valence-electron chi connectivity index (χ4n) is 2.68. The summed E-state index contributed by atoms with van der Waals surface area (Å²) in [5.74, 6) is -1.09. The zero-order valence-corrected chi connectivity index (χ0v) is 11.4. The molecule has 0 radical (unpaired) electrons. The van der Waals surface area contributed by atoms with Crippen molar-refractivity contribution in [2.75, 3.05) is 20.2 Å². The highest BCUT2D eigenvalue weighted by Crippen LogP contribution is 2.28. The molecule has 2 heterocycles. The molecule has 0 aliphatic carbocycles. The third-order valence-electron chi connectivity index (χ3n) is 3.60. The maximum atomic E-state index is 12.5. The lowest BCUT2D eigenvalue weighted by atomic mass is 10.1. The summed E-state index contributed by atoms with van der Waals surface area (Å²) < 4.78 is 5.58. The first-order valence-corrected chi connectivity index (χ1v) is 6.71. The van der Waals surface area contributed by atoms with E-state index < -0.39 is 24.2 Å². The Kier molecular flexibility index (Phi) is 4.56. The van der Waals surface area contributed by atoms with Crippen molar-refractivity contribution in [1.29, 1.82) is 0 Å². The number of nitrogens with two attached hydrogens (primary N) is 1. The van der Waals surface area contributed by atoms with Gasteiger partial charge in [0.15, 0.2) is 0 Å². The van der Waals surface area contributed by atoms with Crippen molar-refractivity contribution in [2.24, 2.45) is 5.73 Å². The first kappa shape index (κ1) is 14.7. The molecule has 0 saturated carbocycles. The summed E-state index contributed by atoms with van der Waals surface area (Å²) in [7, 11) is 1.65. The number of primary amides is 1. The quantitative estimate of drug-likeness (QED) is 0.548. The lowest BCUT2D eigenvalue weighted by Crippen LogP contribution is -2.54. The van der Waals surface area contributed by atoms with E-state index in [1.54, 1.807) is 7.05 Å². The predicted octanol–water partition coefficient (Wildman–Crippen LogP) is -2.09. The molecule has 0 aromatic carbocycles. The van der Waals surface area contributed by atoms with Gasteiger partial charge < -0.3 is 26.0 Å². The van der Waals surface area contributed by atoms with Crippen LogP contribution in [0.3, 0.4) is 0 Å². The Morgan fingerprint density at radius 1 is 1.40 bits per heavy atom. The van der Waals surface area contributed by atoms with Gasteiger partial charge in [-0.25, -0.2) is 0 Å². The highest BCUT2D eigenvalue weighted by molar-refractivity contribution is 5.92. The molecule has 112 valence electrons. The lowest BCUT2D eigenvalue weighted by molar-refractivity contribution is -0.147. The Bertz CT molecular complexity index is 414. The molecular weight excluding hydrogens is 264 g/mol. The third-order valence-corrected chi connectivity index (χ3v) is 3.60.